The summed E-state index contributed by atoms with van der Waals surface area (Å²) in [7, 11) is 0. The number of thiophene rings is 1. The van der Waals surface area contributed by atoms with E-state index < -0.39 is 0 Å². The van der Waals surface area contributed by atoms with Gasteiger partial charge in [-0.1, -0.05) is 32.6 Å². The van der Waals surface area contributed by atoms with E-state index in [4.69, 9.17) is 5.84 Å². The number of nitrogens with one attached hydrogen (secondary N) is 1. The molecular weight excluding hydrogens is 252 g/mol. The Kier molecular flexibility index (Phi) is 6.35. The number of hydrogen-bond acceptors (Lipinski definition) is 3. The zero-order chi connectivity index (χ0) is 13.5. The Labute approximate surface area is 121 Å². The molecule has 0 amide bonds. The van der Waals surface area contributed by atoms with Crippen LogP contribution in [0.15, 0.2) is 16.8 Å². The van der Waals surface area contributed by atoms with Gasteiger partial charge in [0.05, 0.1) is 0 Å². The first-order chi connectivity index (χ1) is 9.33. The van der Waals surface area contributed by atoms with Crippen LogP contribution >= 0.6 is 11.3 Å². The van der Waals surface area contributed by atoms with E-state index >= 15 is 0 Å². The lowest BCUT2D eigenvalue weighted by atomic mass is 9.76. The Morgan fingerprint density at radius 1 is 1.37 bits per heavy atom. The van der Waals surface area contributed by atoms with E-state index in [9.17, 15) is 0 Å². The second kappa shape index (κ2) is 8.03. The van der Waals surface area contributed by atoms with Crippen molar-refractivity contribution in [3.8, 4) is 0 Å². The number of aryl methyl sites for hydroxylation is 1. The first kappa shape index (κ1) is 15.0. The molecule has 2 nitrogen and oxygen atoms in total. The molecule has 3 N–H and O–H groups in total. The molecule has 19 heavy (non-hydrogen) atoms. The molecule has 0 aromatic carbocycles. The highest BCUT2D eigenvalue weighted by Crippen LogP contribution is 2.34. The van der Waals surface area contributed by atoms with Crippen molar-refractivity contribution < 1.29 is 0 Å². The molecule has 0 spiro atoms. The van der Waals surface area contributed by atoms with Gasteiger partial charge < -0.3 is 0 Å². The van der Waals surface area contributed by atoms with Crippen LogP contribution in [0.4, 0.5) is 0 Å². The summed E-state index contributed by atoms with van der Waals surface area (Å²) >= 11 is 1.79. The average molecular weight is 280 g/mol. The molecule has 1 atom stereocenters. The van der Waals surface area contributed by atoms with E-state index in [0.29, 0.717) is 6.04 Å². The summed E-state index contributed by atoms with van der Waals surface area (Å²) in [6.45, 7) is 2.30. The van der Waals surface area contributed by atoms with E-state index in [-0.39, 0.29) is 0 Å². The molecule has 1 aromatic heterocycles. The van der Waals surface area contributed by atoms with Crippen LogP contribution in [-0.4, -0.2) is 6.04 Å². The molecule has 0 aliphatic heterocycles. The lowest BCUT2D eigenvalue weighted by Crippen LogP contribution is -2.42. The van der Waals surface area contributed by atoms with Gasteiger partial charge in [-0.3, -0.25) is 11.3 Å². The van der Waals surface area contributed by atoms with Gasteiger partial charge in [0.1, 0.15) is 0 Å². The van der Waals surface area contributed by atoms with E-state index in [1.165, 1.54) is 50.5 Å². The highest BCUT2D eigenvalue weighted by atomic mass is 32.1. The maximum atomic E-state index is 5.79. The van der Waals surface area contributed by atoms with Crippen molar-refractivity contribution in [1.82, 2.24) is 5.43 Å². The fourth-order valence-electron chi connectivity index (χ4n) is 3.50. The van der Waals surface area contributed by atoms with Crippen molar-refractivity contribution in [2.45, 2.75) is 64.3 Å². The third kappa shape index (κ3) is 4.59. The molecular formula is C16H28N2S. The van der Waals surface area contributed by atoms with Crippen LogP contribution in [0, 0.1) is 11.8 Å². The first-order valence-corrected chi connectivity index (χ1v) is 8.75. The van der Waals surface area contributed by atoms with Crippen LogP contribution in [-0.2, 0) is 6.42 Å². The van der Waals surface area contributed by atoms with Crippen molar-refractivity contribution in [3.63, 3.8) is 0 Å². The molecule has 0 bridgehead atoms. The quantitative estimate of drug-likeness (QED) is 0.582. The highest BCUT2D eigenvalue weighted by molar-refractivity contribution is 7.07. The Bertz CT molecular complexity index is 329. The lowest BCUT2D eigenvalue weighted by molar-refractivity contribution is 0.208. The molecule has 1 aromatic rings. The third-order valence-electron chi connectivity index (χ3n) is 4.70. The molecule has 1 fully saturated rings. The number of hydrazine groups is 1. The summed E-state index contributed by atoms with van der Waals surface area (Å²) in [6.07, 6.45) is 10.6. The molecule has 1 aliphatic carbocycles. The largest absolute Gasteiger partial charge is 0.271 e. The normalized spacial score (nSPS) is 25.4. The van der Waals surface area contributed by atoms with E-state index in [1.54, 1.807) is 11.3 Å². The fraction of sp³-hybridized carbons (Fsp3) is 0.750. The molecule has 0 radical (unpaired) electrons. The average Bonchev–Trinajstić information content (AvgIpc) is 2.95. The minimum Gasteiger partial charge on any atom is -0.271 e. The maximum Gasteiger partial charge on any atom is 0.0241 e. The Morgan fingerprint density at radius 2 is 2.16 bits per heavy atom. The van der Waals surface area contributed by atoms with Crippen LogP contribution in [0.2, 0.25) is 0 Å². The van der Waals surface area contributed by atoms with Crippen molar-refractivity contribution in [3.05, 3.63) is 22.4 Å². The van der Waals surface area contributed by atoms with Crippen LogP contribution in [0.5, 0.6) is 0 Å². The predicted octanol–water partition coefficient (Wildman–Crippen LogP) is 4.12. The standard InChI is InChI=1S/C16H28N2S/c1-2-3-13-4-7-15(8-5-13)16(18-17)9-6-14-10-11-19-12-14/h10-13,15-16,18H,2-9,17H2,1H3. The summed E-state index contributed by atoms with van der Waals surface area (Å²) in [6, 6.07) is 2.73. The summed E-state index contributed by atoms with van der Waals surface area (Å²) in [5.41, 5.74) is 4.55. The monoisotopic (exact) mass is 280 g/mol. The van der Waals surface area contributed by atoms with E-state index in [1.807, 2.05) is 0 Å². The molecule has 1 unspecified atom stereocenters. The number of hydrogen-bond donors (Lipinski definition) is 2. The van der Waals surface area contributed by atoms with Gasteiger partial charge in [-0.2, -0.15) is 11.3 Å². The summed E-state index contributed by atoms with van der Waals surface area (Å²) in [5.74, 6) is 7.56. The van der Waals surface area contributed by atoms with Gasteiger partial charge in [-0.05, 0) is 59.9 Å². The predicted molar refractivity (Wildman–Crippen MR) is 84.1 cm³/mol. The molecule has 3 heteroatoms. The van der Waals surface area contributed by atoms with E-state index in [2.05, 4.69) is 29.2 Å². The molecule has 1 aliphatic rings. The molecule has 1 saturated carbocycles. The maximum absolute atomic E-state index is 5.79. The second-order valence-corrected chi connectivity index (χ2v) is 6.79. The van der Waals surface area contributed by atoms with Gasteiger partial charge in [-0.25, -0.2) is 0 Å². The minimum atomic E-state index is 0.502. The van der Waals surface area contributed by atoms with Crippen LogP contribution in [0.3, 0.4) is 0 Å². The number of rotatable bonds is 7. The zero-order valence-electron chi connectivity index (χ0n) is 12.1. The van der Waals surface area contributed by atoms with Gasteiger partial charge >= 0.3 is 0 Å². The van der Waals surface area contributed by atoms with Gasteiger partial charge in [-0.15, -0.1) is 0 Å². The van der Waals surface area contributed by atoms with Crippen LogP contribution in [0.25, 0.3) is 0 Å². The topological polar surface area (TPSA) is 38.0 Å². The summed E-state index contributed by atoms with van der Waals surface area (Å²) in [4.78, 5) is 0. The van der Waals surface area contributed by atoms with Gasteiger partial charge in [0.15, 0.2) is 0 Å². The fourth-order valence-corrected chi connectivity index (χ4v) is 4.20. The van der Waals surface area contributed by atoms with Crippen molar-refractivity contribution in [2.75, 3.05) is 0 Å². The summed E-state index contributed by atoms with van der Waals surface area (Å²) < 4.78 is 0. The second-order valence-electron chi connectivity index (χ2n) is 6.01. The zero-order valence-corrected chi connectivity index (χ0v) is 12.9. The Hall–Kier alpha value is -0.380. The van der Waals surface area contributed by atoms with Crippen molar-refractivity contribution in [2.24, 2.45) is 17.7 Å². The molecule has 108 valence electrons. The molecule has 0 saturated heterocycles. The van der Waals surface area contributed by atoms with Gasteiger partial charge in [0.2, 0.25) is 0 Å². The SMILES string of the molecule is CCCC1CCC(C(CCc2ccsc2)NN)CC1. The Morgan fingerprint density at radius 3 is 2.74 bits per heavy atom. The van der Waals surface area contributed by atoms with Crippen molar-refractivity contribution in [1.29, 1.82) is 0 Å². The smallest absolute Gasteiger partial charge is 0.0241 e. The minimum absolute atomic E-state index is 0.502. The third-order valence-corrected chi connectivity index (χ3v) is 5.43. The van der Waals surface area contributed by atoms with E-state index in [0.717, 1.165) is 18.3 Å². The van der Waals surface area contributed by atoms with Gasteiger partial charge in [0.25, 0.3) is 0 Å². The van der Waals surface area contributed by atoms with Crippen LogP contribution in [0.1, 0.15) is 57.4 Å². The molecule has 2 rings (SSSR count). The van der Waals surface area contributed by atoms with Gasteiger partial charge in [0, 0.05) is 6.04 Å². The number of nitrogens with two attached hydrogens (primary N) is 1. The van der Waals surface area contributed by atoms with Crippen LogP contribution < -0.4 is 11.3 Å². The Balaban J connectivity index is 1.75. The summed E-state index contributed by atoms with van der Waals surface area (Å²) in [5, 5.41) is 4.42. The molecule has 1 heterocycles. The highest BCUT2D eigenvalue weighted by Gasteiger charge is 2.26. The van der Waals surface area contributed by atoms with Crippen molar-refractivity contribution >= 4 is 11.3 Å². The first-order valence-electron chi connectivity index (χ1n) is 7.80. The lowest BCUT2D eigenvalue weighted by Gasteiger charge is -2.33.